The van der Waals surface area contributed by atoms with Gasteiger partial charge in [0.2, 0.25) is 5.91 Å². The first-order valence-corrected chi connectivity index (χ1v) is 6.40. The zero-order chi connectivity index (χ0) is 13.0. The SMILES string of the molecule is Cc1ccc(NC(=O)CN2CCC[C@H]2CO)cc1. The van der Waals surface area contributed by atoms with Crippen LogP contribution in [0.2, 0.25) is 0 Å². The maximum absolute atomic E-state index is 11.9. The van der Waals surface area contributed by atoms with E-state index in [9.17, 15) is 9.90 Å². The van der Waals surface area contributed by atoms with Gasteiger partial charge in [0.05, 0.1) is 13.2 Å². The van der Waals surface area contributed by atoms with E-state index in [-0.39, 0.29) is 18.6 Å². The number of benzene rings is 1. The fourth-order valence-electron chi connectivity index (χ4n) is 2.33. The number of nitrogens with one attached hydrogen (secondary N) is 1. The van der Waals surface area contributed by atoms with Crippen molar-refractivity contribution in [1.82, 2.24) is 4.90 Å². The lowest BCUT2D eigenvalue weighted by molar-refractivity contribution is -0.117. The van der Waals surface area contributed by atoms with E-state index in [2.05, 4.69) is 5.32 Å². The van der Waals surface area contributed by atoms with Crippen molar-refractivity contribution in [3.05, 3.63) is 29.8 Å². The van der Waals surface area contributed by atoms with Gasteiger partial charge < -0.3 is 10.4 Å². The molecule has 0 spiro atoms. The minimum atomic E-state index is -0.0146. The van der Waals surface area contributed by atoms with Gasteiger partial charge in [-0.2, -0.15) is 0 Å². The van der Waals surface area contributed by atoms with Gasteiger partial charge in [0, 0.05) is 11.7 Å². The van der Waals surface area contributed by atoms with Gasteiger partial charge in [0.1, 0.15) is 0 Å². The summed E-state index contributed by atoms with van der Waals surface area (Å²) in [6.07, 6.45) is 2.04. The summed E-state index contributed by atoms with van der Waals surface area (Å²) in [5.41, 5.74) is 2.00. The Kier molecular flexibility index (Phi) is 4.33. The van der Waals surface area contributed by atoms with E-state index in [0.29, 0.717) is 6.54 Å². The molecular formula is C14H20N2O2. The molecule has 1 aliphatic rings. The average molecular weight is 248 g/mol. The van der Waals surface area contributed by atoms with Crippen LogP contribution >= 0.6 is 0 Å². The predicted molar refractivity (Wildman–Crippen MR) is 71.5 cm³/mol. The van der Waals surface area contributed by atoms with Crippen LogP contribution in [0.4, 0.5) is 5.69 Å². The number of aliphatic hydroxyl groups is 1. The quantitative estimate of drug-likeness (QED) is 0.846. The predicted octanol–water partition coefficient (Wildman–Crippen LogP) is 1.39. The Labute approximate surface area is 108 Å². The highest BCUT2D eigenvalue weighted by molar-refractivity contribution is 5.92. The first-order valence-electron chi connectivity index (χ1n) is 6.40. The summed E-state index contributed by atoms with van der Waals surface area (Å²) in [6, 6.07) is 7.90. The van der Waals surface area contributed by atoms with Crippen molar-refractivity contribution in [1.29, 1.82) is 0 Å². The summed E-state index contributed by atoms with van der Waals surface area (Å²) in [5.74, 6) is -0.0146. The molecule has 0 radical (unpaired) electrons. The zero-order valence-electron chi connectivity index (χ0n) is 10.7. The van der Waals surface area contributed by atoms with Crippen LogP contribution in [0.3, 0.4) is 0 Å². The zero-order valence-corrected chi connectivity index (χ0v) is 10.7. The maximum Gasteiger partial charge on any atom is 0.238 e. The Bertz CT molecular complexity index is 403. The van der Waals surface area contributed by atoms with Crippen LogP contribution in [0.25, 0.3) is 0 Å². The van der Waals surface area contributed by atoms with Crippen molar-refractivity contribution in [2.24, 2.45) is 0 Å². The van der Waals surface area contributed by atoms with Crippen molar-refractivity contribution >= 4 is 11.6 Å². The molecule has 1 heterocycles. The van der Waals surface area contributed by atoms with Gasteiger partial charge >= 0.3 is 0 Å². The molecule has 1 aromatic carbocycles. The largest absolute Gasteiger partial charge is 0.395 e. The lowest BCUT2D eigenvalue weighted by atomic mass is 10.2. The van der Waals surface area contributed by atoms with Gasteiger partial charge in [-0.15, -0.1) is 0 Å². The number of aliphatic hydroxyl groups excluding tert-OH is 1. The van der Waals surface area contributed by atoms with Gasteiger partial charge in [-0.3, -0.25) is 9.69 Å². The van der Waals surface area contributed by atoms with Gasteiger partial charge in [-0.25, -0.2) is 0 Å². The number of nitrogens with zero attached hydrogens (tertiary/aromatic N) is 1. The summed E-state index contributed by atoms with van der Waals surface area (Å²) >= 11 is 0. The number of aryl methyl sites for hydroxylation is 1. The van der Waals surface area contributed by atoms with Crippen LogP contribution in [0.15, 0.2) is 24.3 Å². The van der Waals surface area contributed by atoms with Crippen molar-refractivity contribution in [3.63, 3.8) is 0 Å². The fraction of sp³-hybridized carbons (Fsp3) is 0.500. The number of hydrogen-bond acceptors (Lipinski definition) is 3. The molecule has 1 amide bonds. The van der Waals surface area contributed by atoms with E-state index in [0.717, 1.165) is 25.1 Å². The number of carbonyl (C=O) groups excluding carboxylic acids is 1. The van der Waals surface area contributed by atoms with E-state index in [1.807, 2.05) is 36.1 Å². The second-order valence-corrected chi connectivity index (χ2v) is 4.86. The molecule has 1 fully saturated rings. The highest BCUT2D eigenvalue weighted by Crippen LogP contribution is 2.16. The lowest BCUT2D eigenvalue weighted by Gasteiger charge is -2.21. The molecule has 2 N–H and O–H groups in total. The summed E-state index contributed by atoms with van der Waals surface area (Å²) in [7, 11) is 0. The molecule has 98 valence electrons. The second kappa shape index (κ2) is 5.98. The summed E-state index contributed by atoms with van der Waals surface area (Å²) in [5, 5.41) is 12.1. The summed E-state index contributed by atoms with van der Waals surface area (Å²) in [4.78, 5) is 13.9. The molecule has 4 nitrogen and oxygen atoms in total. The number of amides is 1. The minimum Gasteiger partial charge on any atom is -0.395 e. The number of rotatable bonds is 4. The van der Waals surface area contributed by atoms with Gasteiger partial charge in [0.25, 0.3) is 0 Å². The number of likely N-dealkylation sites (tertiary alicyclic amines) is 1. The smallest absolute Gasteiger partial charge is 0.238 e. The molecule has 0 bridgehead atoms. The minimum absolute atomic E-state index is 0.0146. The normalized spacial score (nSPS) is 20.0. The molecule has 0 unspecified atom stereocenters. The van der Waals surface area contributed by atoms with Crippen molar-refractivity contribution in [2.75, 3.05) is 25.0 Å². The Morgan fingerprint density at radius 3 is 2.83 bits per heavy atom. The third-order valence-corrected chi connectivity index (χ3v) is 3.39. The molecule has 1 saturated heterocycles. The molecule has 4 heteroatoms. The van der Waals surface area contributed by atoms with Gasteiger partial charge in [-0.1, -0.05) is 17.7 Å². The highest BCUT2D eigenvalue weighted by atomic mass is 16.3. The number of hydrogen-bond donors (Lipinski definition) is 2. The molecule has 2 rings (SSSR count). The molecule has 0 saturated carbocycles. The van der Waals surface area contributed by atoms with Crippen LogP contribution in [-0.4, -0.2) is 41.7 Å². The molecule has 0 aliphatic carbocycles. The van der Waals surface area contributed by atoms with Crippen molar-refractivity contribution in [2.45, 2.75) is 25.8 Å². The van der Waals surface area contributed by atoms with E-state index >= 15 is 0 Å². The van der Waals surface area contributed by atoms with Crippen LogP contribution in [0, 0.1) is 6.92 Å². The molecule has 1 aromatic rings. The highest BCUT2D eigenvalue weighted by Gasteiger charge is 2.25. The van der Waals surface area contributed by atoms with Gasteiger partial charge in [-0.05, 0) is 38.4 Å². The fourth-order valence-corrected chi connectivity index (χ4v) is 2.33. The van der Waals surface area contributed by atoms with Crippen molar-refractivity contribution in [3.8, 4) is 0 Å². The lowest BCUT2D eigenvalue weighted by Crippen LogP contribution is -2.38. The molecule has 18 heavy (non-hydrogen) atoms. The Morgan fingerprint density at radius 2 is 2.17 bits per heavy atom. The van der Waals surface area contributed by atoms with E-state index in [1.165, 1.54) is 5.56 Å². The van der Waals surface area contributed by atoms with E-state index < -0.39 is 0 Å². The van der Waals surface area contributed by atoms with Crippen molar-refractivity contribution < 1.29 is 9.90 Å². The van der Waals surface area contributed by atoms with Crippen LogP contribution < -0.4 is 5.32 Å². The molecule has 1 atom stereocenters. The monoisotopic (exact) mass is 248 g/mol. The third kappa shape index (κ3) is 3.31. The first-order chi connectivity index (χ1) is 8.69. The Morgan fingerprint density at radius 1 is 1.44 bits per heavy atom. The summed E-state index contributed by atoms with van der Waals surface area (Å²) < 4.78 is 0. The second-order valence-electron chi connectivity index (χ2n) is 4.86. The van der Waals surface area contributed by atoms with E-state index in [1.54, 1.807) is 0 Å². The topological polar surface area (TPSA) is 52.6 Å². The molecular weight excluding hydrogens is 228 g/mol. The molecule has 0 aromatic heterocycles. The number of carbonyl (C=O) groups is 1. The number of anilines is 1. The van der Waals surface area contributed by atoms with Crippen LogP contribution in [0.1, 0.15) is 18.4 Å². The van der Waals surface area contributed by atoms with E-state index in [4.69, 9.17) is 0 Å². The molecule has 1 aliphatic heterocycles. The first kappa shape index (κ1) is 13.1. The third-order valence-electron chi connectivity index (χ3n) is 3.39. The Hall–Kier alpha value is -1.39. The van der Waals surface area contributed by atoms with Gasteiger partial charge in [0.15, 0.2) is 0 Å². The maximum atomic E-state index is 11.9. The summed E-state index contributed by atoms with van der Waals surface area (Å²) in [6.45, 7) is 3.41. The Balaban J connectivity index is 1.86. The average Bonchev–Trinajstić information content (AvgIpc) is 2.79. The van der Waals surface area contributed by atoms with Crippen LogP contribution in [-0.2, 0) is 4.79 Å². The standard InChI is InChI=1S/C14H20N2O2/c1-11-4-6-12(7-5-11)15-14(18)9-16-8-2-3-13(16)10-17/h4-7,13,17H,2-3,8-10H2,1H3,(H,15,18)/t13-/m0/s1. The van der Waals surface area contributed by atoms with Crippen LogP contribution in [0.5, 0.6) is 0 Å².